The van der Waals surface area contributed by atoms with Gasteiger partial charge in [0, 0.05) is 12.3 Å². The summed E-state index contributed by atoms with van der Waals surface area (Å²) in [6.45, 7) is 4.43. The summed E-state index contributed by atoms with van der Waals surface area (Å²) >= 11 is 11.9. The molecule has 2 rings (SSSR count). The first-order chi connectivity index (χ1) is 10.0. The van der Waals surface area contributed by atoms with E-state index in [9.17, 15) is 4.79 Å². The molecule has 0 saturated heterocycles. The van der Waals surface area contributed by atoms with Gasteiger partial charge in [-0.15, -0.1) is 0 Å². The second-order valence-electron chi connectivity index (χ2n) is 4.39. The monoisotopic (exact) mass is 327 g/mol. The molecule has 0 radical (unpaired) electrons. The average molecular weight is 328 g/mol. The Morgan fingerprint density at radius 2 is 2.00 bits per heavy atom. The highest BCUT2D eigenvalue weighted by Crippen LogP contribution is 2.23. The number of hydrogen-bond acceptors (Lipinski definition) is 3. The Morgan fingerprint density at radius 3 is 2.62 bits per heavy atom. The van der Waals surface area contributed by atoms with E-state index < -0.39 is 5.91 Å². The van der Waals surface area contributed by atoms with E-state index in [0.29, 0.717) is 12.3 Å². The summed E-state index contributed by atoms with van der Waals surface area (Å²) in [4.78, 5) is 16.3. The van der Waals surface area contributed by atoms with Crippen LogP contribution < -0.4 is 5.32 Å². The first-order valence-electron chi connectivity index (χ1n) is 6.40. The average Bonchev–Trinajstić information content (AvgIpc) is 2.75. The van der Waals surface area contributed by atoms with E-state index in [-0.39, 0.29) is 22.9 Å². The van der Waals surface area contributed by atoms with Crippen LogP contribution in [0.3, 0.4) is 0 Å². The maximum absolute atomic E-state index is 12.3. The molecular formula is C14H15Cl2N3O2. The SMILES string of the molecule is CCOCn1c(C(=O)Nc2ccc(C)cc2)nc(Cl)c1Cl. The summed E-state index contributed by atoms with van der Waals surface area (Å²) in [6, 6.07) is 7.43. The first kappa shape index (κ1) is 15.8. The number of carbonyl (C=O) groups is 1. The van der Waals surface area contributed by atoms with Gasteiger partial charge < -0.3 is 10.1 Å². The largest absolute Gasteiger partial charge is 0.361 e. The summed E-state index contributed by atoms with van der Waals surface area (Å²) in [7, 11) is 0. The van der Waals surface area contributed by atoms with Gasteiger partial charge in [-0.1, -0.05) is 40.9 Å². The molecule has 1 amide bonds. The van der Waals surface area contributed by atoms with Crippen molar-refractivity contribution in [2.75, 3.05) is 11.9 Å². The number of ether oxygens (including phenoxy) is 1. The molecule has 0 fully saturated rings. The van der Waals surface area contributed by atoms with E-state index in [4.69, 9.17) is 27.9 Å². The lowest BCUT2D eigenvalue weighted by atomic mass is 10.2. The molecule has 1 heterocycles. The molecule has 112 valence electrons. The number of amides is 1. The molecule has 1 N–H and O–H groups in total. The van der Waals surface area contributed by atoms with Crippen LogP contribution in [0.2, 0.25) is 10.3 Å². The van der Waals surface area contributed by atoms with Gasteiger partial charge in [-0.05, 0) is 26.0 Å². The molecule has 0 atom stereocenters. The van der Waals surface area contributed by atoms with Gasteiger partial charge in [-0.2, -0.15) is 0 Å². The number of imidazole rings is 1. The van der Waals surface area contributed by atoms with Crippen molar-refractivity contribution in [3.8, 4) is 0 Å². The highest BCUT2D eigenvalue weighted by atomic mass is 35.5. The van der Waals surface area contributed by atoms with E-state index in [1.807, 2.05) is 38.1 Å². The fourth-order valence-electron chi connectivity index (χ4n) is 1.70. The van der Waals surface area contributed by atoms with Crippen molar-refractivity contribution in [3.63, 3.8) is 0 Å². The molecule has 1 aromatic heterocycles. The zero-order valence-corrected chi connectivity index (χ0v) is 13.2. The predicted molar refractivity (Wildman–Crippen MR) is 83.0 cm³/mol. The van der Waals surface area contributed by atoms with Gasteiger partial charge in [0.05, 0.1) is 0 Å². The third-order valence-corrected chi connectivity index (χ3v) is 3.55. The lowest BCUT2D eigenvalue weighted by molar-refractivity contribution is 0.0815. The number of anilines is 1. The molecular weight excluding hydrogens is 313 g/mol. The number of nitrogens with zero attached hydrogens (tertiary/aromatic N) is 2. The van der Waals surface area contributed by atoms with Crippen LogP contribution in [0, 0.1) is 6.92 Å². The summed E-state index contributed by atoms with van der Waals surface area (Å²) < 4.78 is 6.70. The Hall–Kier alpha value is -1.56. The van der Waals surface area contributed by atoms with Gasteiger partial charge in [0.25, 0.3) is 5.91 Å². The second-order valence-corrected chi connectivity index (χ2v) is 5.10. The minimum Gasteiger partial charge on any atom is -0.361 e. The molecule has 1 aromatic carbocycles. The van der Waals surface area contributed by atoms with Gasteiger partial charge in [-0.25, -0.2) is 4.98 Å². The Bertz CT molecular complexity index is 638. The van der Waals surface area contributed by atoms with Crippen molar-refractivity contribution in [1.82, 2.24) is 9.55 Å². The summed E-state index contributed by atoms with van der Waals surface area (Å²) in [5.74, 6) is -0.286. The highest BCUT2D eigenvalue weighted by molar-refractivity contribution is 6.41. The van der Waals surface area contributed by atoms with Crippen molar-refractivity contribution in [3.05, 3.63) is 46.0 Å². The zero-order valence-electron chi connectivity index (χ0n) is 11.7. The summed E-state index contributed by atoms with van der Waals surface area (Å²) in [5, 5.41) is 3.00. The number of rotatable bonds is 5. The van der Waals surface area contributed by atoms with Crippen molar-refractivity contribution in [1.29, 1.82) is 0 Å². The van der Waals surface area contributed by atoms with Gasteiger partial charge in [-0.3, -0.25) is 9.36 Å². The van der Waals surface area contributed by atoms with Crippen LogP contribution in [0.1, 0.15) is 23.1 Å². The number of benzene rings is 1. The topological polar surface area (TPSA) is 56.1 Å². The number of nitrogens with one attached hydrogen (secondary N) is 1. The molecule has 7 heteroatoms. The number of carbonyl (C=O) groups excluding carboxylic acids is 1. The maximum Gasteiger partial charge on any atom is 0.291 e. The lowest BCUT2D eigenvalue weighted by Gasteiger charge is -2.09. The van der Waals surface area contributed by atoms with Crippen molar-refractivity contribution < 1.29 is 9.53 Å². The fraction of sp³-hybridized carbons (Fsp3) is 0.286. The quantitative estimate of drug-likeness (QED) is 0.909. The molecule has 0 aliphatic heterocycles. The van der Waals surface area contributed by atoms with Crippen LogP contribution in [-0.4, -0.2) is 22.1 Å². The standard InChI is InChI=1S/C14H15Cl2N3O2/c1-3-21-8-19-12(16)11(15)18-13(19)14(20)17-10-6-4-9(2)5-7-10/h4-7H,3,8H2,1-2H3,(H,17,20). The Morgan fingerprint density at radius 1 is 1.33 bits per heavy atom. The van der Waals surface area contributed by atoms with E-state index in [2.05, 4.69) is 10.3 Å². The van der Waals surface area contributed by atoms with Gasteiger partial charge in [0.15, 0.2) is 5.15 Å². The summed E-state index contributed by atoms with van der Waals surface area (Å²) in [5.41, 5.74) is 1.78. The Kier molecular flexibility index (Phi) is 5.22. The van der Waals surface area contributed by atoms with E-state index in [1.54, 1.807) is 0 Å². The Balaban J connectivity index is 2.22. The number of aromatic nitrogens is 2. The molecule has 0 unspecified atom stereocenters. The Labute approximate surface area is 132 Å². The maximum atomic E-state index is 12.3. The number of halogens is 2. The van der Waals surface area contributed by atoms with Crippen LogP contribution in [0.15, 0.2) is 24.3 Å². The van der Waals surface area contributed by atoms with Crippen molar-refractivity contribution >= 4 is 34.8 Å². The molecule has 21 heavy (non-hydrogen) atoms. The van der Waals surface area contributed by atoms with Crippen LogP contribution in [-0.2, 0) is 11.5 Å². The van der Waals surface area contributed by atoms with Crippen molar-refractivity contribution in [2.24, 2.45) is 0 Å². The van der Waals surface area contributed by atoms with E-state index in [1.165, 1.54) is 4.57 Å². The van der Waals surface area contributed by atoms with Crippen molar-refractivity contribution in [2.45, 2.75) is 20.6 Å². The zero-order chi connectivity index (χ0) is 15.4. The number of aryl methyl sites for hydroxylation is 1. The molecule has 0 aliphatic rings. The third kappa shape index (κ3) is 3.75. The van der Waals surface area contributed by atoms with E-state index >= 15 is 0 Å². The van der Waals surface area contributed by atoms with Crippen LogP contribution in [0.25, 0.3) is 0 Å². The normalized spacial score (nSPS) is 10.7. The summed E-state index contributed by atoms with van der Waals surface area (Å²) in [6.07, 6.45) is 0. The van der Waals surface area contributed by atoms with Crippen LogP contribution in [0.5, 0.6) is 0 Å². The minimum atomic E-state index is -0.396. The third-order valence-electron chi connectivity index (χ3n) is 2.80. The van der Waals surface area contributed by atoms with Gasteiger partial charge >= 0.3 is 0 Å². The van der Waals surface area contributed by atoms with E-state index in [0.717, 1.165) is 5.56 Å². The molecule has 2 aromatic rings. The van der Waals surface area contributed by atoms with Gasteiger partial charge in [0.1, 0.15) is 11.9 Å². The molecule has 0 spiro atoms. The van der Waals surface area contributed by atoms with Gasteiger partial charge in [0.2, 0.25) is 5.82 Å². The molecule has 0 aliphatic carbocycles. The molecule has 5 nitrogen and oxygen atoms in total. The number of hydrogen-bond donors (Lipinski definition) is 1. The predicted octanol–water partition coefficient (Wildman–Crippen LogP) is 3.74. The molecule has 0 saturated carbocycles. The minimum absolute atomic E-state index is 0.0745. The van der Waals surface area contributed by atoms with Crippen LogP contribution in [0.4, 0.5) is 5.69 Å². The first-order valence-corrected chi connectivity index (χ1v) is 7.15. The smallest absolute Gasteiger partial charge is 0.291 e. The molecule has 0 bridgehead atoms. The second kappa shape index (κ2) is 6.93. The fourth-order valence-corrected chi connectivity index (χ4v) is 2.05. The lowest BCUT2D eigenvalue weighted by Crippen LogP contribution is -2.19. The highest BCUT2D eigenvalue weighted by Gasteiger charge is 2.20. The van der Waals surface area contributed by atoms with Crippen LogP contribution >= 0.6 is 23.2 Å².